The van der Waals surface area contributed by atoms with Gasteiger partial charge in [0.1, 0.15) is 5.60 Å². The summed E-state index contributed by atoms with van der Waals surface area (Å²) in [5.41, 5.74) is -0.637. The molecule has 2 aliphatic heterocycles. The van der Waals surface area contributed by atoms with Crippen molar-refractivity contribution in [3.8, 4) is 0 Å². The number of hydrogen-bond acceptors (Lipinski definition) is 4. The van der Waals surface area contributed by atoms with Gasteiger partial charge in [0.25, 0.3) is 0 Å². The van der Waals surface area contributed by atoms with E-state index in [1.54, 1.807) is 0 Å². The summed E-state index contributed by atoms with van der Waals surface area (Å²) in [4.78, 5) is 0. The van der Waals surface area contributed by atoms with Gasteiger partial charge in [-0.3, -0.25) is 0 Å². The van der Waals surface area contributed by atoms with Crippen LogP contribution in [0.15, 0.2) is 0 Å². The van der Waals surface area contributed by atoms with Gasteiger partial charge in [0.2, 0.25) is 0 Å². The highest BCUT2D eigenvalue weighted by molar-refractivity contribution is 7.99. The van der Waals surface area contributed by atoms with Gasteiger partial charge in [-0.15, -0.1) is 0 Å². The Morgan fingerprint density at radius 3 is 3.07 bits per heavy atom. The van der Waals surface area contributed by atoms with E-state index in [0.29, 0.717) is 19.2 Å². The van der Waals surface area contributed by atoms with E-state index in [-0.39, 0.29) is 6.10 Å². The van der Waals surface area contributed by atoms with Crippen LogP contribution in [-0.2, 0) is 4.74 Å². The monoisotopic (exact) mass is 231 g/mol. The first-order valence-corrected chi connectivity index (χ1v) is 7.01. The largest absolute Gasteiger partial charge is 0.386 e. The third-order valence-electron chi connectivity index (χ3n) is 3.52. The summed E-state index contributed by atoms with van der Waals surface area (Å²) in [6, 6.07) is 0.584. The van der Waals surface area contributed by atoms with Crippen molar-refractivity contribution in [2.24, 2.45) is 0 Å². The van der Waals surface area contributed by atoms with Crippen LogP contribution in [0.1, 0.15) is 26.2 Å². The zero-order valence-electron chi connectivity index (χ0n) is 9.37. The van der Waals surface area contributed by atoms with Gasteiger partial charge in [0, 0.05) is 31.4 Å². The first-order chi connectivity index (χ1) is 7.21. The van der Waals surface area contributed by atoms with Gasteiger partial charge in [-0.25, -0.2) is 0 Å². The Balaban J connectivity index is 1.76. The van der Waals surface area contributed by atoms with Crippen LogP contribution in [-0.4, -0.2) is 47.5 Å². The Hall–Kier alpha value is 0.230. The highest BCUT2D eigenvalue weighted by Crippen LogP contribution is 2.25. The van der Waals surface area contributed by atoms with Crippen LogP contribution in [0.2, 0.25) is 0 Å². The van der Waals surface area contributed by atoms with Crippen molar-refractivity contribution in [2.75, 3.05) is 24.7 Å². The molecule has 0 aromatic carbocycles. The number of ether oxygens (including phenoxy) is 1. The Morgan fingerprint density at radius 2 is 2.47 bits per heavy atom. The Morgan fingerprint density at radius 1 is 1.60 bits per heavy atom. The predicted molar refractivity (Wildman–Crippen MR) is 63.3 cm³/mol. The van der Waals surface area contributed by atoms with Crippen LogP contribution < -0.4 is 5.32 Å². The molecule has 3 nitrogen and oxygen atoms in total. The maximum absolute atomic E-state index is 10.3. The lowest BCUT2D eigenvalue weighted by molar-refractivity contribution is -0.0274. The van der Waals surface area contributed by atoms with Crippen molar-refractivity contribution in [3.63, 3.8) is 0 Å². The van der Waals surface area contributed by atoms with Crippen molar-refractivity contribution in [1.29, 1.82) is 0 Å². The molecule has 0 saturated carbocycles. The average Bonchev–Trinajstić information content (AvgIpc) is 2.59. The zero-order chi connectivity index (χ0) is 10.7. The quantitative estimate of drug-likeness (QED) is 0.761. The molecule has 2 saturated heterocycles. The molecule has 0 bridgehead atoms. The van der Waals surface area contributed by atoms with Crippen molar-refractivity contribution in [3.05, 3.63) is 0 Å². The first-order valence-electron chi connectivity index (χ1n) is 5.86. The molecule has 3 unspecified atom stereocenters. The molecule has 2 rings (SSSR count). The van der Waals surface area contributed by atoms with E-state index in [4.69, 9.17) is 4.74 Å². The van der Waals surface area contributed by atoms with Gasteiger partial charge in [-0.1, -0.05) is 0 Å². The maximum atomic E-state index is 10.3. The summed E-state index contributed by atoms with van der Waals surface area (Å²) in [6.07, 6.45) is 3.29. The molecule has 2 aliphatic rings. The standard InChI is InChI=1S/C11H21NO2S/c1-9-11(13,4-5-14-9)8-12-10-3-2-6-15-7-10/h9-10,12-13H,2-8H2,1H3. The summed E-state index contributed by atoms with van der Waals surface area (Å²) < 4.78 is 5.41. The minimum absolute atomic E-state index is 0.0266. The molecule has 0 radical (unpaired) electrons. The van der Waals surface area contributed by atoms with Crippen LogP contribution in [0.25, 0.3) is 0 Å². The van der Waals surface area contributed by atoms with E-state index >= 15 is 0 Å². The molecule has 0 aliphatic carbocycles. The van der Waals surface area contributed by atoms with Crippen molar-refractivity contribution < 1.29 is 9.84 Å². The van der Waals surface area contributed by atoms with Crippen LogP contribution in [0.5, 0.6) is 0 Å². The molecule has 2 fully saturated rings. The summed E-state index contributed by atoms with van der Waals surface area (Å²) in [5, 5.41) is 13.8. The highest BCUT2D eigenvalue weighted by Gasteiger charge is 2.39. The summed E-state index contributed by atoms with van der Waals surface area (Å²) in [5.74, 6) is 2.48. The Kier molecular flexibility index (Phi) is 3.93. The predicted octanol–water partition coefficient (Wildman–Crippen LogP) is 1.01. The lowest BCUT2D eigenvalue weighted by Gasteiger charge is -2.30. The molecule has 2 heterocycles. The number of nitrogens with one attached hydrogen (secondary N) is 1. The topological polar surface area (TPSA) is 41.5 Å². The average molecular weight is 231 g/mol. The van der Waals surface area contributed by atoms with Crippen LogP contribution >= 0.6 is 11.8 Å². The van der Waals surface area contributed by atoms with E-state index in [1.807, 2.05) is 18.7 Å². The lowest BCUT2D eigenvalue weighted by atomic mass is 9.96. The molecule has 0 aromatic rings. The normalized spacial score (nSPS) is 42.0. The lowest BCUT2D eigenvalue weighted by Crippen LogP contribution is -2.49. The van der Waals surface area contributed by atoms with E-state index < -0.39 is 5.60 Å². The van der Waals surface area contributed by atoms with Crippen LogP contribution in [0.4, 0.5) is 0 Å². The fraction of sp³-hybridized carbons (Fsp3) is 1.00. The van der Waals surface area contributed by atoms with E-state index in [9.17, 15) is 5.11 Å². The second-order valence-electron chi connectivity index (χ2n) is 4.66. The minimum Gasteiger partial charge on any atom is -0.386 e. The Bertz CT molecular complexity index is 209. The second kappa shape index (κ2) is 5.04. The molecule has 15 heavy (non-hydrogen) atoms. The molecule has 4 heteroatoms. The van der Waals surface area contributed by atoms with Crippen LogP contribution in [0.3, 0.4) is 0 Å². The van der Waals surface area contributed by atoms with Gasteiger partial charge >= 0.3 is 0 Å². The number of thioether (sulfide) groups is 1. The van der Waals surface area contributed by atoms with Gasteiger partial charge in [0.15, 0.2) is 0 Å². The SMILES string of the molecule is CC1OCCC1(O)CNC1CCCSC1. The molecular weight excluding hydrogens is 210 g/mol. The summed E-state index contributed by atoms with van der Waals surface area (Å²) >= 11 is 2.01. The molecule has 0 amide bonds. The van der Waals surface area contributed by atoms with Crippen molar-refractivity contribution in [1.82, 2.24) is 5.32 Å². The van der Waals surface area contributed by atoms with Crippen molar-refractivity contribution >= 4 is 11.8 Å². The van der Waals surface area contributed by atoms with Crippen LogP contribution in [0, 0.1) is 0 Å². The van der Waals surface area contributed by atoms with Gasteiger partial charge < -0.3 is 15.2 Å². The minimum atomic E-state index is -0.637. The second-order valence-corrected chi connectivity index (χ2v) is 5.81. The fourth-order valence-corrected chi connectivity index (χ4v) is 3.33. The maximum Gasteiger partial charge on any atom is 0.105 e. The Labute approximate surface area is 96.0 Å². The zero-order valence-corrected chi connectivity index (χ0v) is 10.2. The number of aliphatic hydroxyl groups is 1. The molecule has 2 N–H and O–H groups in total. The summed E-state index contributed by atoms with van der Waals surface area (Å²) in [7, 11) is 0. The van der Waals surface area contributed by atoms with Gasteiger partial charge in [-0.05, 0) is 25.5 Å². The molecule has 0 spiro atoms. The van der Waals surface area contributed by atoms with E-state index in [0.717, 1.165) is 6.42 Å². The molecular formula is C11H21NO2S. The number of hydrogen-bond donors (Lipinski definition) is 2. The third-order valence-corrected chi connectivity index (χ3v) is 4.73. The van der Waals surface area contributed by atoms with Gasteiger partial charge in [0.05, 0.1) is 6.10 Å². The van der Waals surface area contributed by atoms with Gasteiger partial charge in [-0.2, -0.15) is 11.8 Å². The summed E-state index contributed by atoms with van der Waals surface area (Å²) in [6.45, 7) is 3.34. The third kappa shape index (κ3) is 2.87. The first kappa shape index (κ1) is 11.7. The fourth-order valence-electron chi connectivity index (χ4n) is 2.23. The number of rotatable bonds is 3. The van der Waals surface area contributed by atoms with E-state index in [2.05, 4.69) is 5.32 Å². The van der Waals surface area contributed by atoms with E-state index in [1.165, 1.54) is 24.3 Å². The highest BCUT2D eigenvalue weighted by atomic mass is 32.2. The molecule has 88 valence electrons. The molecule has 3 atom stereocenters. The smallest absolute Gasteiger partial charge is 0.105 e. The van der Waals surface area contributed by atoms with Crippen molar-refractivity contribution in [2.45, 2.75) is 43.9 Å². The molecule has 0 aromatic heterocycles.